The van der Waals surface area contributed by atoms with Crippen LogP contribution in [0.25, 0.3) is 0 Å². The predicted octanol–water partition coefficient (Wildman–Crippen LogP) is 4.07. The van der Waals surface area contributed by atoms with Gasteiger partial charge in [-0.05, 0) is 25.0 Å². The largest absolute Gasteiger partial charge is 0.492 e. The van der Waals surface area contributed by atoms with Gasteiger partial charge in [0.15, 0.2) is 0 Å². The van der Waals surface area contributed by atoms with Gasteiger partial charge in [0, 0.05) is 6.42 Å². The molecule has 0 aromatic heterocycles. The third kappa shape index (κ3) is 3.99. The summed E-state index contributed by atoms with van der Waals surface area (Å²) in [4.78, 5) is 0. The monoisotopic (exact) mass is 243 g/mol. The van der Waals surface area contributed by atoms with E-state index in [9.17, 15) is 0 Å². The summed E-state index contributed by atoms with van der Waals surface area (Å²) in [5, 5.41) is 9.27. The zero-order valence-electron chi connectivity index (χ0n) is 8.17. The van der Waals surface area contributed by atoms with Crippen molar-refractivity contribution in [2.24, 2.45) is 0 Å². The number of nitrogens with zero attached hydrogens (tertiary/aromatic N) is 1. The van der Waals surface area contributed by atoms with Crippen LogP contribution in [-0.2, 0) is 0 Å². The second-order valence-corrected chi connectivity index (χ2v) is 3.80. The van der Waals surface area contributed by atoms with Gasteiger partial charge in [0.1, 0.15) is 10.8 Å². The van der Waals surface area contributed by atoms with Gasteiger partial charge >= 0.3 is 0 Å². The third-order valence-corrected chi connectivity index (χ3v) is 2.66. The Morgan fingerprint density at radius 1 is 1.27 bits per heavy atom. The molecule has 0 fully saturated rings. The lowest BCUT2D eigenvalue weighted by Crippen LogP contribution is -1.97. The molecule has 0 aliphatic carbocycles. The van der Waals surface area contributed by atoms with Crippen LogP contribution in [-0.4, -0.2) is 6.61 Å². The minimum absolute atomic E-state index is 0.444. The molecule has 4 heteroatoms. The summed E-state index contributed by atoms with van der Waals surface area (Å²) in [6.07, 6.45) is 2.25. The zero-order chi connectivity index (χ0) is 11.1. The van der Waals surface area contributed by atoms with E-state index in [1.165, 1.54) is 0 Å². The van der Waals surface area contributed by atoms with Crippen molar-refractivity contribution >= 4 is 23.2 Å². The lowest BCUT2D eigenvalue weighted by Gasteiger charge is -2.07. The van der Waals surface area contributed by atoms with Crippen molar-refractivity contribution in [2.45, 2.75) is 19.3 Å². The van der Waals surface area contributed by atoms with Crippen LogP contribution >= 0.6 is 23.2 Å². The first-order chi connectivity index (χ1) is 7.25. The van der Waals surface area contributed by atoms with Gasteiger partial charge in [-0.1, -0.05) is 29.3 Å². The van der Waals surface area contributed by atoms with Crippen molar-refractivity contribution in [3.8, 4) is 11.8 Å². The fourth-order valence-electron chi connectivity index (χ4n) is 1.08. The van der Waals surface area contributed by atoms with Gasteiger partial charge in [-0.2, -0.15) is 5.26 Å². The van der Waals surface area contributed by atoms with Crippen molar-refractivity contribution < 1.29 is 4.74 Å². The maximum absolute atomic E-state index is 8.33. The first kappa shape index (κ1) is 12.2. The Hall–Kier alpha value is -0.910. The van der Waals surface area contributed by atoms with Crippen molar-refractivity contribution in [3.05, 3.63) is 28.2 Å². The van der Waals surface area contributed by atoms with Crippen LogP contribution in [0.5, 0.6) is 5.75 Å². The Kier molecular flexibility index (Phi) is 5.31. The highest BCUT2D eigenvalue weighted by Crippen LogP contribution is 2.31. The van der Waals surface area contributed by atoms with E-state index in [0.717, 1.165) is 12.8 Å². The summed E-state index contributed by atoms with van der Waals surface area (Å²) >= 11 is 11.7. The van der Waals surface area contributed by atoms with E-state index in [2.05, 4.69) is 6.07 Å². The smallest absolute Gasteiger partial charge is 0.139 e. The molecule has 0 unspecified atom stereocenters. The van der Waals surface area contributed by atoms with Gasteiger partial charge in [0.2, 0.25) is 0 Å². The van der Waals surface area contributed by atoms with E-state index in [0.29, 0.717) is 28.8 Å². The fraction of sp³-hybridized carbons (Fsp3) is 0.364. The maximum atomic E-state index is 8.33. The highest BCUT2D eigenvalue weighted by Gasteiger charge is 2.04. The Labute approximate surface area is 99.4 Å². The van der Waals surface area contributed by atoms with Crippen molar-refractivity contribution in [2.75, 3.05) is 6.61 Å². The molecule has 1 aromatic carbocycles. The maximum Gasteiger partial charge on any atom is 0.139 e. The molecule has 0 aliphatic heterocycles. The molecule has 0 saturated heterocycles. The highest BCUT2D eigenvalue weighted by atomic mass is 35.5. The summed E-state index contributed by atoms with van der Waals surface area (Å²) in [7, 11) is 0. The summed E-state index contributed by atoms with van der Waals surface area (Å²) < 4.78 is 5.44. The van der Waals surface area contributed by atoms with Crippen molar-refractivity contribution in [1.82, 2.24) is 0 Å². The van der Waals surface area contributed by atoms with Crippen LogP contribution in [0.15, 0.2) is 18.2 Å². The van der Waals surface area contributed by atoms with Gasteiger partial charge in [-0.3, -0.25) is 0 Å². The normalized spacial score (nSPS) is 9.67. The number of halogens is 2. The molecule has 2 nitrogen and oxygen atoms in total. The van der Waals surface area contributed by atoms with Gasteiger partial charge in [-0.25, -0.2) is 0 Å². The third-order valence-electron chi connectivity index (χ3n) is 1.86. The average Bonchev–Trinajstić information content (AvgIpc) is 2.24. The molecule has 80 valence electrons. The topological polar surface area (TPSA) is 33.0 Å². The molecule has 0 aliphatic rings. The fourth-order valence-corrected chi connectivity index (χ4v) is 1.43. The number of nitriles is 1. The van der Waals surface area contributed by atoms with Gasteiger partial charge in [-0.15, -0.1) is 0 Å². The van der Waals surface area contributed by atoms with E-state index in [4.69, 9.17) is 33.2 Å². The first-order valence-corrected chi connectivity index (χ1v) is 5.45. The van der Waals surface area contributed by atoms with E-state index in [-0.39, 0.29) is 0 Å². The average molecular weight is 244 g/mol. The lowest BCUT2D eigenvalue weighted by atomic mass is 10.2. The van der Waals surface area contributed by atoms with Crippen LogP contribution in [0.1, 0.15) is 19.3 Å². The van der Waals surface area contributed by atoms with E-state index in [1.807, 2.05) is 0 Å². The Balaban J connectivity index is 2.38. The first-order valence-electron chi connectivity index (χ1n) is 4.69. The molecule has 0 spiro atoms. The van der Waals surface area contributed by atoms with Gasteiger partial charge < -0.3 is 4.74 Å². The molecular formula is C11H11Cl2NO. The molecule has 1 aromatic rings. The molecule has 0 radical (unpaired) electrons. The van der Waals surface area contributed by atoms with Crippen molar-refractivity contribution in [3.63, 3.8) is 0 Å². The molecular weight excluding hydrogens is 233 g/mol. The molecule has 0 atom stereocenters. The second kappa shape index (κ2) is 6.55. The van der Waals surface area contributed by atoms with E-state index >= 15 is 0 Å². The number of rotatable bonds is 5. The highest BCUT2D eigenvalue weighted by molar-refractivity contribution is 6.42. The molecule has 0 heterocycles. The minimum Gasteiger partial charge on any atom is -0.492 e. The predicted molar refractivity (Wildman–Crippen MR) is 61.4 cm³/mol. The van der Waals surface area contributed by atoms with Gasteiger partial charge in [0.05, 0.1) is 17.7 Å². The summed E-state index contributed by atoms with van der Waals surface area (Å²) in [6.45, 7) is 0.557. The number of ether oxygens (including phenoxy) is 1. The van der Waals surface area contributed by atoms with Crippen LogP contribution in [0.2, 0.25) is 10.0 Å². The van der Waals surface area contributed by atoms with Crippen LogP contribution in [0.4, 0.5) is 0 Å². The molecule has 0 amide bonds. The van der Waals surface area contributed by atoms with Crippen molar-refractivity contribution in [1.29, 1.82) is 5.26 Å². The zero-order valence-corrected chi connectivity index (χ0v) is 9.68. The number of hydrogen-bond donors (Lipinski definition) is 0. The second-order valence-electron chi connectivity index (χ2n) is 3.02. The molecule has 15 heavy (non-hydrogen) atoms. The molecule has 1 rings (SSSR count). The Bertz CT molecular complexity index is 360. The number of unbranched alkanes of at least 4 members (excludes halogenated alkanes) is 2. The quantitative estimate of drug-likeness (QED) is 0.731. The number of hydrogen-bond acceptors (Lipinski definition) is 2. The van der Waals surface area contributed by atoms with Gasteiger partial charge in [0.25, 0.3) is 0 Å². The number of benzene rings is 1. The minimum atomic E-state index is 0.444. The van der Waals surface area contributed by atoms with E-state index < -0.39 is 0 Å². The Morgan fingerprint density at radius 2 is 2.07 bits per heavy atom. The standard InChI is InChI=1S/C11H11Cl2NO/c12-9-5-4-6-10(11(9)13)15-8-3-1-2-7-14/h4-6H,1-3,8H2. The molecule has 0 N–H and O–H groups in total. The van der Waals surface area contributed by atoms with Crippen LogP contribution < -0.4 is 4.74 Å². The molecule has 0 bridgehead atoms. The van der Waals surface area contributed by atoms with Crippen LogP contribution in [0.3, 0.4) is 0 Å². The van der Waals surface area contributed by atoms with Crippen LogP contribution in [0, 0.1) is 11.3 Å². The molecule has 0 saturated carbocycles. The summed E-state index contributed by atoms with van der Waals surface area (Å²) in [5.41, 5.74) is 0. The van der Waals surface area contributed by atoms with E-state index in [1.54, 1.807) is 18.2 Å². The summed E-state index contributed by atoms with van der Waals surface area (Å²) in [5.74, 6) is 0.598. The SMILES string of the molecule is N#CCCCCOc1cccc(Cl)c1Cl. The summed E-state index contributed by atoms with van der Waals surface area (Å²) in [6, 6.07) is 7.37. The lowest BCUT2D eigenvalue weighted by molar-refractivity contribution is 0.308. The Morgan fingerprint density at radius 3 is 2.80 bits per heavy atom.